The number of ether oxygens (including phenoxy) is 1. The van der Waals surface area contributed by atoms with Crippen LogP contribution in [-0.2, 0) is 14.3 Å². The van der Waals surface area contributed by atoms with Crippen LogP contribution in [0.15, 0.2) is 36.0 Å². The minimum absolute atomic E-state index is 0.315. The smallest absolute Gasteiger partial charge is 0.346 e. The van der Waals surface area contributed by atoms with E-state index in [1.54, 1.807) is 13.0 Å². The molecule has 15 heavy (non-hydrogen) atoms. The Morgan fingerprint density at radius 3 is 2.33 bits per heavy atom. The number of hydrogen-bond acceptors (Lipinski definition) is 3. The lowest BCUT2D eigenvalue weighted by atomic mass is 10.1. The molecule has 0 bridgehead atoms. The van der Waals surface area contributed by atoms with Crippen LogP contribution in [0.5, 0.6) is 0 Å². The van der Waals surface area contributed by atoms with Crippen LogP contribution in [0.4, 0.5) is 0 Å². The summed E-state index contributed by atoms with van der Waals surface area (Å²) in [7, 11) is 0. The van der Waals surface area contributed by atoms with Crippen LogP contribution < -0.4 is 0 Å². The molecule has 0 saturated heterocycles. The maximum absolute atomic E-state index is 11.4. The molecule has 0 unspecified atom stereocenters. The van der Waals surface area contributed by atoms with Crippen molar-refractivity contribution in [3.05, 3.63) is 36.0 Å². The lowest BCUT2D eigenvalue weighted by Crippen LogP contribution is -2.11. The highest BCUT2D eigenvalue weighted by Crippen LogP contribution is 2.09. The second-order valence-electron chi connectivity index (χ2n) is 2.99. The molecule has 0 aliphatic heterocycles. The van der Waals surface area contributed by atoms with E-state index in [1.165, 1.54) is 13.0 Å². The van der Waals surface area contributed by atoms with E-state index in [1.807, 2.05) is 13.0 Å². The lowest BCUT2D eigenvalue weighted by molar-refractivity contribution is -0.154. The minimum atomic E-state index is -0.657. The third kappa shape index (κ3) is 4.96. The van der Waals surface area contributed by atoms with E-state index in [4.69, 9.17) is 0 Å². The molecule has 0 atom stereocenters. The number of carbonyl (C=O) groups is 2. The van der Waals surface area contributed by atoms with Gasteiger partial charge in [-0.2, -0.15) is 0 Å². The Labute approximate surface area is 90.1 Å². The van der Waals surface area contributed by atoms with Crippen LogP contribution in [0.1, 0.15) is 27.2 Å². The Morgan fingerprint density at radius 1 is 1.33 bits per heavy atom. The number of allylic oxidation sites excluding steroid dienone is 3. The molecule has 0 aromatic carbocycles. The van der Waals surface area contributed by atoms with E-state index in [2.05, 4.69) is 11.3 Å². The Kier molecular flexibility index (Phi) is 6.02. The van der Waals surface area contributed by atoms with Gasteiger partial charge >= 0.3 is 11.9 Å². The summed E-state index contributed by atoms with van der Waals surface area (Å²) in [5.74, 6) is -1.28. The fourth-order valence-electron chi connectivity index (χ4n) is 0.975. The van der Waals surface area contributed by atoms with Gasteiger partial charge in [-0.1, -0.05) is 31.7 Å². The van der Waals surface area contributed by atoms with Gasteiger partial charge in [-0.15, -0.1) is 0 Å². The van der Waals surface area contributed by atoms with Crippen molar-refractivity contribution in [1.29, 1.82) is 0 Å². The van der Waals surface area contributed by atoms with Gasteiger partial charge in [-0.3, -0.25) is 4.79 Å². The first-order valence-electron chi connectivity index (χ1n) is 4.75. The molecule has 0 radical (unpaired) electrons. The monoisotopic (exact) mass is 208 g/mol. The summed E-state index contributed by atoms with van der Waals surface area (Å²) >= 11 is 0. The Balaban J connectivity index is 4.87. The quantitative estimate of drug-likeness (QED) is 0.308. The normalized spacial score (nSPS) is 12.2. The van der Waals surface area contributed by atoms with Gasteiger partial charge in [0.25, 0.3) is 0 Å². The Bertz CT molecular complexity index is 322. The molecule has 82 valence electrons. The molecule has 0 fully saturated rings. The van der Waals surface area contributed by atoms with Crippen molar-refractivity contribution in [2.75, 3.05) is 0 Å². The summed E-state index contributed by atoms with van der Waals surface area (Å²) in [6.07, 6.45) is 5.99. The first kappa shape index (κ1) is 13.4. The van der Waals surface area contributed by atoms with Crippen molar-refractivity contribution in [1.82, 2.24) is 0 Å². The van der Waals surface area contributed by atoms with E-state index in [0.29, 0.717) is 5.57 Å². The van der Waals surface area contributed by atoms with E-state index in [9.17, 15) is 9.59 Å². The Morgan fingerprint density at radius 2 is 1.93 bits per heavy atom. The maximum Gasteiger partial charge on any atom is 0.346 e. The van der Waals surface area contributed by atoms with Crippen molar-refractivity contribution in [2.45, 2.75) is 27.2 Å². The SMILES string of the molecule is C=C/C(C(=O)OC(C)=O)=C(C)\C=C/CC. The molecule has 0 rings (SSSR count). The second kappa shape index (κ2) is 6.76. The van der Waals surface area contributed by atoms with Crippen LogP contribution in [-0.4, -0.2) is 11.9 Å². The van der Waals surface area contributed by atoms with Crippen molar-refractivity contribution in [2.24, 2.45) is 0 Å². The molecule has 3 nitrogen and oxygen atoms in total. The zero-order valence-electron chi connectivity index (χ0n) is 9.37. The highest BCUT2D eigenvalue weighted by molar-refractivity contribution is 5.98. The van der Waals surface area contributed by atoms with Gasteiger partial charge in [0.1, 0.15) is 0 Å². The van der Waals surface area contributed by atoms with Gasteiger partial charge in [0.2, 0.25) is 0 Å². The molecule has 0 amide bonds. The molecule has 0 saturated carbocycles. The molecule has 0 aromatic heterocycles. The van der Waals surface area contributed by atoms with E-state index in [0.717, 1.165) is 12.0 Å². The van der Waals surface area contributed by atoms with Crippen molar-refractivity contribution >= 4 is 11.9 Å². The minimum Gasteiger partial charge on any atom is -0.390 e. The third-order valence-corrected chi connectivity index (χ3v) is 1.69. The molecule has 0 aliphatic rings. The van der Waals surface area contributed by atoms with Crippen LogP contribution in [0.2, 0.25) is 0 Å². The zero-order chi connectivity index (χ0) is 11.8. The van der Waals surface area contributed by atoms with Crippen LogP contribution in [0.3, 0.4) is 0 Å². The molecular formula is C12H16O3. The van der Waals surface area contributed by atoms with Crippen LogP contribution in [0.25, 0.3) is 0 Å². The number of rotatable bonds is 4. The molecule has 3 heteroatoms. The first-order chi connectivity index (χ1) is 7.02. The van der Waals surface area contributed by atoms with E-state index >= 15 is 0 Å². The van der Waals surface area contributed by atoms with E-state index in [-0.39, 0.29) is 0 Å². The topological polar surface area (TPSA) is 43.4 Å². The second-order valence-corrected chi connectivity index (χ2v) is 2.99. The third-order valence-electron chi connectivity index (χ3n) is 1.69. The standard InChI is InChI=1S/C12H16O3/c1-5-7-8-9(3)11(6-2)12(14)15-10(4)13/h6-8H,2,5H2,1,3-4H3/b8-7-,11-9+. The predicted octanol–water partition coefficient (Wildman–Crippen LogP) is 2.54. The Hall–Kier alpha value is -1.64. The van der Waals surface area contributed by atoms with E-state index < -0.39 is 11.9 Å². The maximum atomic E-state index is 11.4. The molecule has 0 aromatic rings. The largest absolute Gasteiger partial charge is 0.390 e. The lowest BCUT2D eigenvalue weighted by Gasteiger charge is -2.03. The molecule has 0 N–H and O–H groups in total. The first-order valence-corrected chi connectivity index (χ1v) is 4.75. The van der Waals surface area contributed by atoms with Crippen LogP contribution >= 0.6 is 0 Å². The summed E-state index contributed by atoms with van der Waals surface area (Å²) in [5, 5.41) is 0. The average Bonchev–Trinajstić information content (AvgIpc) is 2.14. The fourth-order valence-corrected chi connectivity index (χ4v) is 0.975. The van der Waals surface area contributed by atoms with Gasteiger partial charge in [0.05, 0.1) is 5.57 Å². The van der Waals surface area contributed by atoms with Gasteiger partial charge in [0.15, 0.2) is 0 Å². The molecule has 0 spiro atoms. The van der Waals surface area contributed by atoms with Gasteiger partial charge in [-0.05, 0) is 18.9 Å². The number of carbonyl (C=O) groups excluding carboxylic acids is 2. The highest BCUT2D eigenvalue weighted by atomic mass is 16.6. The highest BCUT2D eigenvalue weighted by Gasteiger charge is 2.11. The van der Waals surface area contributed by atoms with Gasteiger partial charge in [-0.25, -0.2) is 4.79 Å². The summed E-state index contributed by atoms with van der Waals surface area (Å²) in [5.41, 5.74) is 1.05. The predicted molar refractivity (Wildman–Crippen MR) is 59.1 cm³/mol. The average molecular weight is 208 g/mol. The number of hydrogen-bond donors (Lipinski definition) is 0. The molecular weight excluding hydrogens is 192 g/mol. The van der Waals surface area contributed by atoms with Gasteiger partial charge < -0.3 is 4.74 Å². The van der Waals surface area contributed by atoms with Crippen LogP contribution in [0, 0.1) is 0 Å². The summed E-state index contributed by atoms with van der Waals surface area (Å²) in [4.78, 5) is 22.0. The fraction of sp³-hybridized carbons (Fsp3) is 0.333. The van der Waals surface area contributed by atoms with Crippen molar-refractivity contribution in [3.63, 3.8) is 0 Å². The molecule has 0 aliphatic carbocycles. The van der Waals surface area contributed by atoms with Crippen molar-refractivity contribution < 1.29 is 14.3 Å². The summed E-state index contributed by atoms with van der Waals surface area (Å²) < 4.78 is 4.46. The zero-order valence-corrected chi connectivity index (χ0v) is 9.37. The molecule has 0 heterocycles. The summed E-state index contributed by atoms with van der Waals surface area (Å²) in [6, 6.07) is 0. The van der Waals surface area contributed by atoms with Crippen molar-refractivity contribution in [3.8, 4) is 0 Å². The van der Waals surface area contributed by atoms with Gasteiger partial charge in [0, 0.05) is 6.92 Å². The number of esters is 2. The summed E-state index contributed by atoms with van der Waals surface area (Å²) in [6.45, 7) is 8.46.